The summed E-state index contributed by atoms with van der Waals surface area (Å²) in [7, 11) is 0. The minimum Gasteiger partial charge on any atom is -0.326 e. The zero-order valence-corrected chi connectivity index (χ0v) is 11.5. The molecule has 1 aliphatic rings. The van der Waals surface area contributed by atoms with Crippen LogP contribution in [0, 0.1) is 0 Å². The highest BCUT2D eigenvalue weighted by atomic mass is 35.5. The Hall–Kier alpha value is -1.59. The van der Waals surface area contributed by atoms with Crippen molar-refractivity contribution in [3.05, 3.63) is 23.8 Å². The molecule has 0 radical (unpaired) electrons. The van der Waals surface area contributed by atoms with Gasteiger partial charge in [-0.25, -0.2) is 0 Å². The summed E-state index contributed by atoms with van der Waals surface area (Å²) in [5, 5.41) is 5.58. The van der Waals surface area contributed by atoms with Gasteiger partial charge in [0, 0.05) is 17.8 Å². The molecule has 4 N–H and O–H groups in total. The summed E-state index contributed by atoms with van der Waals surface area (Å²) in [4.78, 5) is 22.9. The third kappa shape index (κ3) is 3.68. The van der Waals surface area contributed by atoms with Crippen molar-refractivity contribution in [2.24, 2.45) is 5.73 Å². The minimum absolute atomic E-state index is 0. The molecule has 1 aromatic carbocycles. The summed E-state index contributed by atoms with van der Waals surface area (Å²) in [6.45, 7) is 1.87. The van der Waals surface area contributed by atoms with Crippen LogP contribution < -0.4 is 16.4 Å². The lowest BCUT2D eigenvalue weighted by Gasteiger charge is -2.18. The quantitative estimate of drug-likeness (QED) is 0.789. The summed E-state index contributed by atoms with van der Waals surface area (Å²) >= 11 is 0. The number of aryl methyl sites for hydroxylation is 1. The fraction of sp³-hybridized carbons (Fsp3) is 0.385. The Morgan fingerprint density at radius 2 is 2.21 bits per heavy atom. The van der Waals surface area contributed by atoms with Gasteiger partial charge >= 0.3 is 0 Å². The second kappa shape index (κ2) is 6.54. The maximum atomic E-state index is 11.7. The number of halogens is 1. The van der Waals surface area contributed by atoms with E-state index < -0.39 is 6.04 Å². The highest BCUT2D eigenvalue weighted by Gasteiger charge is 2.16. The number of nitrogens with two attached hydrogens (primary N) is 1. The Morgan fingerprint density at radius 1 is 1.47 bits per heavy atom. The second-order valence-electron chi connectivity index (χ2n) is 4.42. The number of benzene rings is 1. The van der Waals surface area contributed by atoms with E-state index in [0.29, 0.717) is 19.3 Å². The van der Waals surface area contributed by atoms with E-state index in [4.69, 9.17) is 5.73 Å². The lowest BCUT2D eigenvalue weighted by atomic mass is 10.0. The van der Waals surface area contributed by atoms with Crippen molar-refractivity contribution >= 4 is 35.6 Å². The van der Waals surface area contributed by atoms with Crippen LogP contribution in [-0.2, 0) is 16.0 Å². The molecule has 0 unspecified atom stereocenters. The van der Waals surface area contributed by atoms with E-state index in [1.165, 1.54) is 0 Å². The summed E-state index contributed by atoms with van der Waals surface area (Å²) in [5.74, 6) is -0.149. The number of nitrogens with one attached hydrogen (secondary N) is 2. The van der Waals surface area contributed by atoms with E-state index >= 15 is 0 Å². The largest absolute Gasteiger partial charge is 0.326 e. The monoisotopic (exact) mass is 283 g/mol. The third-order valence-electron chi connectivity index (χ3n) is 3.04. The summed E-state index contributed by atoms with van der Waals surface area (Å²) in [5.41, 5.74) is 8.23. The van der Waals surface area contributed by atoms with Gasteiger partial charge in [0.1, 0.15) is 0 Å². The first-order valence-corrected chi connectivity index (χ1v) is 6.09. The molecule has 0 spiro atoms. The molecule has 1 heterocycles. The number of rotatable bonds is 3. The number of hydrogen-bond acceptors (Lipinski definition) is 3. The molecule has 0 saturated carbocycles. The summed E-state index contributed by atoms with van der Waals surface area (Å²) in [6.07, 6.45) is 1.79. The highest BCUT2D eigenvalue weighted by molar-refractivity contribution is 5.97. The Bertz CT molecular complexity index is 491. The normalized spacial score (nSPS) is 14.7. The fourth-order valence-electron chi connectivity index (χ4n) is 1.88. The molecule has 2 amide bonds. The predicted octanol–water partition coefficient (Wildman–Crippen LogP) is 1.67. The van der Waals surface area contributed by atoms with Gasteiger partial charge in [0.15, 0.2) is 0 Å². The van der Waals surface area contributed by atoms with Crippen molar-refractivity contribution in [3.8, 4) is 0 Å². The fourth-order valence-corrected chi connectivity index (χ4v) is 1.88. The van der Waals surface area contributed by atoms with Gasteiger partial charge in [-0.3, -0.25) is 9.59 Å². The van der Waals surface area contributed by atoms with Crippen LogP contribution in [-0.4, -0.2) is 17.9 Å². The average molecular weight is 284 g/mol. The van der Waals surface area contributed by atoms with E-state index in [9.17, 15) is 9.59 Å². The van der Waals surface area contributed by atoms with Crippen molar-refractivity contribution in [1.82, 2.24) is 0 Å². The average Bonchev–Trinajstić information content (AvgIpc) is 2.38. The standard InChI is InChI=1S/C13H17N3O2.ClH/c1-2-10(14)13(18)15-9-4-5-11-8(7-9)3-6-12(17)16-11;/h4-5,7,10H,2-3,6,14H2,1H3,(H,15,18)(H,16,17);1H/t10-;/m0./s1. The van der Waals surface area contributed by atoms with Gasteiger partial charge in [0.2, 0.25) is 11.8 Å². The Morgan fingerprint density at radius 3 is 2.89 bits per heavy atom. The molecular formula is C13H18ClN3O2. The van der Waals surface area contributed by atoms with Gasteiger partial charge in [-0.2, -0.15) is 0 Å². The van der Waals surface area contributed by atoms with E-state index in [1.807, 2.05) is 13.0 Å². The lowest BCUT2D eigenvalue weighted by Crippen LogP contribution is -2.34. The molecule has 1 aliphatic heterocycles. The number of amides is 2. The maximum Gasteiger partial charge on any atom is 0.241 e. The van der Waals surface area contributed by atoms with Crippen LogP contribution in [0.15, 0.2) is 18.2 Å². The van der Waals surface area contributed by atoms with Crippen LogP contribution in [0.25, 0.3) is 0 Å². The van der Waals surface area contributed by atoms with Crippen molar-refractivity contribution in [2.45, 2.75) is 32.2 Å². The van der Waals surface area contributed by atoms with E-state index in [2.05, 4.69) is 10.6 Å². The number of carbonyl (C=O) groups is 2. The predicted molar refractivity (Wildman–Crippen MR) is 77.5 cm³/mol. The van der Waals surface area contributed by atoms with Gasteiger partial charge < -0.3 is 16.4 Å². The zero-order chi connectivity index (χ0) is 13.1. The van der Waals surface area contributed by atoms with Gasteiger partial charge in [-0.15, -0.1) is 12.4 Å². The minimum atomic E-state index is -0.485. The molecule has 104 valence electrons. The Labute approximate surface area is 118 Å². The first kappa shape index (κ1) is 15.5. The molecule has 1 atom stereocenters. The molecule has 5 nitrogen and oxygen atoms in total. The van der Waals surface area contributed by atoms with Crippen LogP contribution in [0.5, 0.6) is 0 Å². The highest BCUT2D eigenvalue weighted by Crippen LogP contribution is 2.25. The van der Waals surface area contributed by atoms with Crippen LogP contribution in [0.2, 0.25) is 0 Å². The molecular weight excluding hydrogens is 266 g/mol. The Kier molecular flexibility index (Phi) is 5.32. The van der Waals surface area contributed by atoms with Crippen LogP contribution >= 0.6 is 12.4 Å². The second-order valence-corrected chi connectivity index (χ2v) is 4.42. The topological polar surface area (TPSA) is 84.2 Å². The SMILES string of the molecule is CC[C@H](N)C(=O)Nc1ccc2c(c1)CCC(=O)N2.Cl. The molecule has 1 aromatic rings. The van der Waals surface area contributed by atoms with E-state index in [1.54, 1.807) is 12.1 Å². The number of hydrogen-bond donors (Lipinski definition) is 3. The van der Waals surface area contributed by atoms with Gasteiger partial charge in [0.25, 0.3) is 0 Å². The van der Waals surface area contributed by atoms with Crippen molar-refractivity contribution in [3.63, 3.8) is 0 Å². The Balaban J connectivity index is 0.00000180. The van der Waals surface area contributed by atoms with Gasteiger partial charge in [-0.05, 0) is 36.6 Å². The van der Waals surface area contributed by atoms with E-state index in [0.717, 1.165) is 16.9 Å². The van der Waals surface area contributed by atoms with Gasteiger partial charge in [-0.1, -0.05) is 6.92 Å². The molecule has 19 heavy (non-hydrogen) atoms. The van der Waals surface area contributed by atoms with Gasteiger partial charge in [0.05, 0.1) is 6.04 Å². The van der Waals surface area contributed by atoms with Crippen molar-refractivity contribution in [2.75, 3.05) is 10.6 Å². The number of fused-ring (bicyclic) bond motifs is 1. The molecule has 6 heteroatoms. The summed E-state index contributed by atoms with van der Waals surface area (Å²) < 4.78 is 0. The van der Waals surface area contributed by atoms with Crippen molar-refractivity contribution in [1.29, 1.82) is 0 Å². The first-order valence-electron chi connectivity index (χ1n) is 6.09. The van der Waals surface area contributed by atoms with Crippen LogP contribution in [0.3, 0.4) is 0 Å². The first-order chi connectivity index (χ1) is 8.60. The van der Waals surface area contributed by atoms with Crippen LogP contribution in [0.4, 0.5) is 11.4 Å². The summed E-state index contributed by atoms with van der Waals surface area (Å²) in [6, 6.07) is 4.97. The molecule has 0 fully saturated rings. The zero-order valence-electron chi connectivity index (χ0n) is 10.7. The van der Waals surface area contributed by atoms with Crippen molar-refractivity contribution < 1.29 is 9.59 Å². The molecule has 0 saturated heterocycles. The molecule has 2 rings (SSSR count). The third-order valence-corrected chi connectivity index (χ3v) is 3.04. The smallest absolute Gasteiger partial charge is 0.241 e. The molecule has 0 bridgehead atoms. The van der Waals surface area contributed by atoms with E-state index in [-0.39, 0.29) is 24.2 Å². The number of anilines is 2. The van der Waals surface area contributed by atoms with Crippen LogP contribution in [0.1, 0.15) is 25.3 Å². The maximum absolute atomic E-state index is 11.7. The number of carbonyl (C=O) groups excluding carboxylic acids is 2. The lowest BCUT2D eigenvalue weighted by molar-refractivity contribution is -0.117. The molecule has 0 aliphatic carbocycles. The molecule has 0 aromatic heterocycles.